The highest BCUT2D eigenvalue weighted by molar-refractivity contribution is 8.19. The van der Waals surface area contributed by atoms with Gasteiger partial charge in [-0.1, -0.05) is 0 Å². The molecule has 1 heterocycles. The topological polar surface area (TPSA) is 17.1 Å². The Balaban J connectivity index is 2.33. The Kier molecular flexibility index (Phi) is 5.63. The van der Waals surface area contributed by atoms with Gasteiger partial charge in [-0.3, -0.25) is 4.79 Å². The predicted molar refractivity (Wildman–Crippen MR) is 70.2 cm³/mol. The molecule has 0 unspecified atom stereocenters. The first-order valence-corrected chi connectivity index (χ1v) is 7.37. The largest absolute Gasteiger partial charge is 0.297 e. The number of rotatable bonds is 4. The Bertz CT molecular complexity index is 269. The molecule has 0 bridgehead atoms. The molecule has 1 aliphatic heterocycles. The minimum absolute atomic E-state index is 0.169. The van der Waals surface area contributed by atoms with Crippen LogP contribution in [0.25, 0.3) is 0 Å². The van der Waals surface area contributed by atoms with Crippen molar-refractivity contribution < 1.29 is 4.79 Å². The zero-order chi connectivity index (χ0) is 11.1. The highest BCUT2D eigenvalue weighted by Crippen LogP contribution is 2.43. The molecule has 0 aromatic carbocycles. The van der Waals surface area contributed by atoms with Gasteiger partial charge in [-0.25, -0.2) is 0 Å². The Morgan fingerprint density at radius 2 is 2.07 bits per heavy atom. The van der Waals surface area contributed by atoms with Gasteiger partial charge in [0.1, 0.15) is 4.08 Å². The molecule has 0 aromatic heterocycles. The summed E-state index contributed by atoms with van der Waals surface area (Å²) in [7, 11) is 0. The van der Waals surface area contributed by atoms with Crippen LogP contribution in [0.4, 0.5) is 0 Å². The first-order chi connectivity index (χ1) is 7.19. The lowest BCUT2D eigenvalue weighted by atomic mass is 10.1. The van der Waals surface area contributed by atoms with E-state index in [1.807, 2.05) is 30.4 Å². The average molecular weight is 242 g/mol. The normalized spacial score (nSPS) is 19.1. The van der Waals surface area contributed by atoms with E-state index in [2.05, 4.69) is 18.8 Å². The van der Waals surface area contributed by atoms with Gasteiger partial charge in [0.25, 0.3) is 0 Å². The molecule has 0 saturated carbocycles. The summed E-state index contributed by atoms with van der Waals surface area (Å²) in [6.45, 7) is 3.92. The Morgan fingerprint density at radius 3 is 2.67 bits per heavy atom. The van der Waals surface area contributed by atoms with Crippen molar-refractivity contribution in [2.24, 2.45) is 0 Å². The SMILES string of the molecule is CC#CCCCC(=O)C1(C)SCCCS1. The van der Waals surface area contributed by atoms with Gasteiger partial charge in [0.15, 0.2) is 5.78 Å². The van der Waals surface area contributed by atoms with Crippen molar-refractivity contribution >= 4 is 29.3 Å². The molecule has 0 N–H and O–H groups in total. The maximum atomic E-state index is 12.0. The van der Waals surface area contributed by atoms with E-state index in [9.17, 15) is 4.79 Å². The van der Waals surface area contributed by atoms with Gasteiger partial charge in [0.2, 0.25) is 0 Å². The second-order valence-electron chi connectivity index (χ2n) is 3.70. The van der Waals surface area contributed by atoms with Crippen LogP contribution in [0.2, 0.25) is 0 Å². The lowest BCUT2D eigenvalue weighted by Gasteiger charge is -2.30. The van der Waals surface area contributed by atoms with E-state index in [-0.39, 0.29) is 4.08 Å². The Morgan fingerprint density at radius 1 is 1.40 bits per heavy atom. The highest BCUT2D eigenvalue weighted by Gasteiger charge is 2.35. The predicted octanol–water partition coefficient (Wildman–Crippen LogP) is 3.34. The fourth-order valence-electron chi connectivity index (χ4n) is 1.48. The summed E-state index contributed by atoms with van der Waals surface area (Å²) in [5.41, 5.74) is 0. The summed E-state index contributed by atoms with van der Waals surface area (Å²) >= 11 is 3.63. The second-order valence-corrected chi connectivity index (χ2v) is 6.98. The first-order valence-electron chi connectivity index (χ1n) is 5.40. The van der Waals surface area contributed by atoms with Crippen LogP contribution < -0.4 is 0 Å². The van der Waals surface area contributed by atoms with Crippen molar-refractivity contribution in [1.82, 2.24) is 0 Å². The summed E-state index contributed by atoms with van der Waals surface area (Å²) in [6, 6.07) is 0. The summed E-state index contributed by atoms with van der Waals surface area (Å²) in [4.78, 5) is 12.0. The second kappa shape index (κ2) is 6.50. The molecule has 0 spiro atoms. The van der Waals surface area contributed by atoms with Crippen LogP contribution in [-0.4, -0.2) is 21.4 Å². The number of hydrogen-bond acceptors (Lipinski definition) is 3. The quantitative estimate of drug-likeness (QED) is 0.556. The zero-order valence-corrected chi connectivity index (χ0v) is 11.1. The molecule has 1 aliphatic rings. The van der Waals surface area contributed by atoms with Crippen LogP contribution in [0.1, 0.15) is 39.5 Å². The fourth-order valence-corrected chi connectivity index (χ4v) is 4.38. The molecule has 84 valence electrons. The Hall–Kier alpha value is -0.0700. The number of thioether (sulfide) groups is 2. The third-order valence-corrected chi connectivity index (χ3v) is 5.68. The molecular weight excluding hydrogens is 224 g/mol. The molecule has 15 heavy (non-hydrogen) atoms. The van der Waals surface area contributed by atoms with Gasteiger partial charge >= 0.3 is 0 Å². The number of hydrogen-bond donors (Lipinski definition) is 0. The number of ketones is 1. The van der Waals surface area contributed by atoms with E-state index >= 15 is 0 Å². The average Bonchev–Trinajstić information content (AvgIpc) is 2.25. The molecule has 0 aromatic rings. The lowest BCUT2D eigenvalue weighted by molar-refractivity contribution is -0.119. The van der Waals surface area contributed by atoms with E-state index in [0.29, 0.717) is 12.2 Å². The number of carbonyl (C=O) groups excluding carboxylic acids is 1. The van der Waals surface area contributed by atoms with Gasteiger partial charge in [-0.2, -0.15) is 0 Å². The van der Waals surface area contributed by atoms with E-state index in [0.717, 1.165) is 24.3 Å². The minimum atomic E-state index is -0.169. The van der Waals surface area contributed by atoms with Crippen molar-refractivity contribution in [1.29, 1.82) is 0 Å². The summed E-state index contributed by atoms with van der Waals surface area (Å²) < 4.78 is -0.169. The van der Waals surface area contributed by atoms with E-state index < -0.39 is 0 Å². The van der Waals surface area contributed by atoms with Crippen molar-refractivity contribution in [3.05, 3.63) is 0 Å². The van der Waals surface area contributed by atoms with Crippen molar-refractivity contribution in [2.75, 3.05) is 11.5 Å². The first kappa shape index (κ1) is 13.0. The van der Waals surface area contributed by atoms with Gasteiger partial charge < -0.3 is 0 Å². The summed E-state index contributed by atoms with van der Waals surface area (Å²) in [5, 5.41) is 0. The van der Waals surface area contributed by atoms with Crippen LogP contribution in [0, 0.1) is 11.8 Å². The molecular formula is C12H18OS2. The molecule has 3 heteroatoms. The van der Waals surface area contributed by atoms with Crippen LogP contribution >= 0.6 is 23.5 Å². The third-order valence-electron chi connectivity index (χ3n) is 2.43. The van der Waals surface area contributed by atoms with Gasteiger partial charge in [-0.05, 0) is 38.2 Å². The molecule has 0 aliphatic carbocycles. The molecule has 1 fully saturated rings. The van der Waals surface area contributed by atoms with E-state index in [4.69, 9.17) is 0 Å². The molecule has 0 atom stereocenters. The monoisotopic (exact) mass is 242 g/mol. The molecule has 0 radical (unpaired) electrons. The number of Topliss-reactive ketones (excluding diaryl/α,β-unsaturated/α-hetero) is 1. The third kappa shape index (κ3) is 4.12. The highest BCUT2D eigenvalue weighted by atomic mass is 32.2. The molecule has 0 amide bonds. The van der Waals surface area contributed by atoms with Gasteiger partial charge in [0, 0.05) is 12.8 Å². The van der Waals surface area contributed by atoms with Crippen LogP contribution in [-0.2, 0) is 4.79 Å². The van der Waals surface area contributed by atoms with Crippen LogP contribution in [0.5, 0.6) is 0 Å². The number of unbranched alkanes of at least 4 members (excludes halogenated alkanes) is 1. The van der Waals surface area contributed by atoms with Crippen molar-refractivity contribution in [2.45, 2.75) is 43.6 Å². The zero-order valence-electron chi connectivity index (χ0n) is 9.47. The minimum Gasteiger partial charge on any atom is -0.297 e. The molecule has 1 saturated heterocycles. The standard InChI is InChI=1S/C12H18OS2/c1-3-4-5-6-8-11(13)12(2)14-9-7-10-15-12/h5-10H2,1-2H3. The number of carbonyl (C=O) groups is 1. The maximum absolute atomic E-state index is 12.0. The van der Waals surface area contributed by atoms with E-state index in [1.165, 1.54) is 6.42 Å². The summed E-state index contributed by atoms with van der Waals surface area (Å²) in [5.74, 6) is 8.52. The van der Waals surface area contributed by atoms with Crippen LogP contribution in [0.15, 0.2) is 0 Å². The Labute approximate surface area is 101 Å². The molecule has 1 rings (SSSR count). The fraction of sp³-hybridized carbons (Fsp3) is 0.750. The van der Waals surface area contributed by atoms with Crippen molar-refractivity contribution in [3.8, 4) is 11.8 Å². The van der Waals surface area contributed by atoms with Crippen molar-refractivity contribution in [3.63, 3.8) is 0 Å². The maximum Gasteiger partial charge on any atom is 0.158 e. The molecule has 1 nitrogen and oxygen atoms in total. The van der Waals surface area contributed by atoms with Gasteiger partial charge in [0.05, 0.1) is 0 Å². The van der Waals surface area contributed by atoms with Crippen LogP contribution in [0.3, 0.4) is 0 Å². The smallest absolute Gasteiger partial charge is 0.158 e. The summed E-state index contributed by atoms with van der Waals surface area (Å²) in [6.07, 6.45) is 3.69. The lowest BCUT2D eigenvalue weighted by Crippen LogP contribution is -2.31. The van der Waals surface area contributed by atoms with Gasteiger partial charge in [-0.15, -0.1) is 35.4 Å². The van der Waals surface area contributed by atoms with E-state index in [1.54, 1.807) is 0 Å².